The van der Waals surface area contributed by atoms with Crippen molar-refractivity contribution < 1.29 is 0 Å². The van der Waals surface area contributed by atoms with E-state index in [9.17, 15) is 4.79 Å². The molecule has 2 heterocycles. The molecule has 0 aliphatic rings. The summed E-state index contributed by atoms with van der Waals surface area (Å²) in [5.74, 6) is 0.0338. The van der Waals surface area contributed by atoms with Gasteiger partial charge >= 0.3 is 0 Å². The van der Waals surface area contributed by atoms with Crippen molar-refractivity contribution in [2.24, 2.45) is 0 Å². The molecule has 0 bridgehead atoms. The van der Waals surface area contributed by atoms with Gasteiger partial charge in [-0.25, -0.2) is 4.68 Å². The lowest BCUT2D eigenvalue weighted by molar-refractivity contribution is 0.887. The number of nitrogens with zero attached hydrogens (tertiary/aromatic N) is 4. The molecule has 0 unspecified atom stereocenters. The molecular weight excluding hydrogens is 280 g/mol. The molecule has 1 aromatic carbocycles. The van der Waals surface area contributed by atoms with E-state index in [1.54, 1.807) is 0 Å². The number of pyridine rings is 1. The van der Waals surface area contributed by atoms with Crippen LogP contribution in [0.25, 0.3) is 16.6 Å². The van der Waals surface area contributed by atoms with E-state index in [1.807, 2.05) is 37.3 Å². The van der Waals surface area contributed by atoms with Crippen molar-refractivity contribution in [1.82, 2.24) is 14.8 Å². The smallest absolute Gasteiger partial charge is 0.250 e. The van der Waals surface area contributed by atoms with Crippen molar-refractivity contribution in [3.05, 3.63) is 51.4 Å². The number of hydrogen-bond donors (Lipinski definition) is 2. The first-order chi connectivity index (χ1) is 10.5. The summed E-state index contributed by atoms with van der Waals surface area (Å²) in [6, 6.07) is 10.6. The molecule has 0 atom stereocenters. The van der Waals surface area contributed by atoms with Crippen molar-refractivity contribution in [3.63, 3.8) is 0 Å². The molecule has 0 saturated carbocycles. The summed E-state index contributed by atoms with van der Waals surface area (Å²) in [5.41, 5.74) is 7.57. The number of fused-ring (bicyclic) bond motifs is 1. The SMILES string of the molecule is Cc1ccc2c(-n3nc(C#N)c(C#N)c3N)cc(=O)[nH]c2c1. The summed E-state index contributed by atoms with van der Waals surface area (Å²) in [5, 5.41) is 22.9. The Morgan fingerprint density at radius 3 is 2.68 bits per heavy atom. The van der Waals surface area contributed by atoms with Crippen LogP contribution in [0.15, 0.2) is 29.1 Å². The van der Waals surface area contributed by atoms with Gasteiger partial charge in [-0.05, 0) is 18.6 Å². The van der Waals surface area contributed by atoms with Crippen molar-refractivity contribution in [3.8, 4) is 17.8 Å². The molecule has 3 rings (SSSR count). The van der Waals surface area contributed by atoms with Crippen LogP contribution in [0, 0.1) is 29.6 Å². The minimum atomic E-state index is -0.319. The van der Waals surface area contributed by atoms with Crippen molar-refractivity contribution in [1.29, 1.82) is 10.5 Å². The van der Waals surface area contributed by atoms with Gasteiger partial charge in [-0.3, -0.25) is 4.79 Å². The van der Waals surface area contributed by atoms with Crippen LogP contribution in [0.5, 0.6) is 0 Å². The van der Waals surface area contributed by atoms with Crippen LogP contribution in [0.1, 0.15) is 16.8 Å². The Morgan fingerprint density at radius 1 is 1.27 bits per heavy atom. The van der Waals surface area contributed by atoms with E-state index in [-0.39, 0.29) is 22.6 Å². The van der Waals surface area contributed by atoms with E-state index >= 15 is 0 Å². The number of aromatic amines is 1. The molecule has 7 heteroatoms. The summed E-state index contributed by atoms with van der Waals surface area (Å²) in [7, 11) is 0. The fourth-order valence-corrected chi connectivity index (χ4v) is 2.33. The average Bonchev–Trinajstić information content (AvgIpc) is 2.81. The number of H-pyrrole nitrogens is 1. The molecule has 0 amide bonds. The number of nitriles is 2. The summed E-state index contributed by atoms with van der Waals surface area (Å²) < 4.78 is 1.25. The second-order valence-electron chi connectivity index (χ2n) is 4.81. The van der Waals surface area contributed by atoms with Gasteiger partial charge < -0.3 is 10.7 Å². The standard InChI is InChI=1S/C15H10N6O/c1-8-2-3-9-11(4-8)19-14(22)5-13(9)21-15(18)10(6-16)12(7-17)20-21/h2-5H,18H2,1H3,(H,19,22). The Hall–Kier alpha value is -3.58. The molecule has 3 N–H and O–H groups in total. The Labute approximate surface area is 124 Å². The van der Waals surface area contributed by atoms with Gasteiger partial charge in [0.05, 0.1) is 11.2 Å². The molecular formula is C15H10N6O. The number of nitrogens with one attached hydrogen (secondary N) is 1. The normalized spacial score (nSPS) is 10.3. The number of aryl methyl sites for hydroxylation is 1. The Bertz CT molecular complexity index is 1040. The fraction of sp³-hybridized carbons (Fsp3) is 0.0667. The predicted molar refractivity (Wildman–Crippen MR) is 80.3 cm³/mol. The maximum atomic E-state index is 11.9. The topological polar surface area (TPSA) is 124 Å². The number of aromatic nitrogens is 3. The average molecular weight is 290 g/mol. The van der Waals surface area contributed by atoms with Crippen LogP contribution in [-0.2, 0) is 0 Å². The number of nitrogens with two attached hydrogens (primary N) is 1. The number of rotatable bonds is 1. The number of hydrogen-bond acceptors (Lipinski definition) is 5. The quantitative estimate of drug-likeness (QED) is 0.699. The zero-order chi connectivity index (χ0) is 15.9. The Kier molecular flexibility index (Phi) is 2.90. The molecule has 2 aromatic heterocycles. The van der Waals surface area contributed by atoms with E-state index in [2.05, 4.69) is 10.1 Å². The molecule has 7 nitrogen and oxygen atoms in total. The predicted octanol–water partition coefficient (Wildman–Crippen LogP) is 1.35. The van der Waals surface area contributed by atoms with E-state index in [4.69, 9.17) is 16.3 Å². The number of anilines is 1. The van der Waals surface area contributed by atoms with Gasteiger partial charge in [-0.2, -0.15) is 15.6 Å². The zero-order valence-electron chi connectivity index (χ0n) is 11.6. The van der Waals surface area contributed by atoms with Crippen molar-refractivity contribution in [2.75, 3.05) is 5.73 Å². The molecule has 0 saturated heterocycles. The molecule has 22 heavy (non-hydrogen) atoms. The lowest BCUT2D eigenvalue weighted by atomic mass is 10.1. The largest absolute Gasteiger partial charge is 0.382 e. The molecule has 106 valence electrons. The van der Waals surface area contributed by atoms with Gasteiger partial charge in [0.1, 0.15) is 23.5 Å². The number of nitrogen functional groups attached to an aromatic ring is 1. The van der Waals surface area contributed by atoms with Gasteiger partial charge in [0, 0.05) is 11.5 Å². The van der Waals surface area contributed by atoms with Crippen LogP contribution in [0.4, 0.5) is 5.82 Å². The van der Waals surface area contributed by atoms with Gasteiger partial charge in [-0.1, -0.05) is 12.1 Å². The zero-order valence-corrected chi connectivity index (χ0v) is 11.6. The third kappa shape index (κ3) is 1.89. The molecule has 0 aliphatic heterocycles. The first kappa shape index (κ1) is 13.4. The summed E-state index contributed by atoms with van der Waals surface area (Å²) >= 11 is 0. The van der Waals surface area contributed by atoms with E-state index in [0.717, 1.165) is 5.56 Å². The minimum absolute atomic E-state index is 0.00282. The maximum Gasteiger partial charge on any atom is 0.250 e. The van der Waals surface area contributed by atoms with Crippen LogP contribution in [-0.4, -0.2) is 14.8 Å². The van der Waals surface area contributed by atoms with Crippen molar-refractivity contribution in [2.45, 2.75) is 6.92 Å². The lowest BCUT2D eigenvalue weighted by Crippen LogP contribution is -2.11. The lowest BCUT2D eigenvalue weighted by Gasteiger charge is -2.08. The van der Waals surface area contributed by atoms with Gasteiger partial charge in [0.25, 0.3) is 5.56 Å². The molecule has 0 spiro atoms. The van der Waals surface area contributed by atoms with Crippen LogP contribution < -0.4 is 11.3 Å². The van der Waals surface area contributed by atoms with E-state index in [1.165, 1.54) is 10.7 Å². The number of benzene rings is 1. The molecule has 3 aromatic rings. The van der Waals surface area contributed by atoms with Gasteiger partial charge in [-0.15, -0.1) is 0 Å². The summed E-state index contributed by atoms with van der Waals surface area (Å²) in [6.07, 6.45) is 0. The highest BCUT2D eigenvalue weighted by atomic mass is 16.1. The second-order valence-corrected chi connectivity index (χ2v) is 4.81. The molecule has 0 radical (unpaired) electrons. The van der Waals surface area contributed by atoms with Gasteiger partial charge in [0.2, 0.25) is 0 Å². The van der Waals surface area contributed by atoms with Crippen LogP contribution in [0.3, 0.4) is 0 Å². The first-order valence-corrected chi connectivity index (χ1v) is 6.38. The Balaban J connectivity index is 2.42. The first-order valence-electron chi connectivity index (χ1n) is 6.38. The van der Waals surface area contributed by atoms with Crippen LogP contribution >= 0.6 is 0 Å². The van der Waals surface area contributed by atoms with E-state index < -0.39 is 0 Å². The summed E-state index contributed by atoms with van der Waals surface area (Å²) in [6.45, 7) is 1.91. The third-order valence-corrected chi connectivity index (χ3v) is 3.34. The fourth-order valence-electron chi connectivity index (χ4n) is 2.33. The Morgan fingerprint density at radius 2 is 2.05 bits per heavy atom. The maximum absolute atomic E-state index is 11.9. The van der Waals surface area contributed by atoms with Gasteiger partial charge in [0.15, 0.2) is 5.69 Å². The van der Waals surface area contributed by atoms with E-state index in [0.29, 0.717) is 16.6 Å². The highest BCUT2D eigenvalue weighted by Crippen LogP contribution is 2.25. The molecule has 0 aliphatic carbocycles. The highest BCUT2D eigenvalue weighted by Gasteiger charge is 2.18. The monoisotopic (exact) mass is 290 g/mol. The molecule has 0 fully saturated rings. The minimum Gasteiger partial charge on any atom is -0.382 e. The third-order valence-electron chi connectivity index (χ3n) is 3.34. The summed E-state index contributed by atoms with van der Waals surface area (Å²) in [4.78, 5) is 14.6. The highest BCUT2D eigenvalue weighted by molar-refractivity contribution is 5.88. The second kappa shape index (κ2) is 4.76. The van der Waals surface area contributed by atoms with Crippen molar-refractivity contribution >= 4 is 16.7 Å². The van der Waals surface area contributed by atoms with Crippen LogP contribution in [0.2, 0.25) is 0 Å².